The molecule has 1 aromatic carbocycles. The normalized spacial score (nSPS) is 14.4. The quantitative estimate of drug-likeness (QED) is 0.619. The summed E-state index contributed by atoms with van der Waals surface area (Å²) in [6.07, 6.45) is 0. The monoisotopic (exact) mass is 287 g/mol. The van der Waals surface area contributed by atoms with Crippen LogP contribution in [0.4, 0.5) is 0 Å². The molecule has 0 unspecified atom stereocenters. The Bertz CT molecular complexity index is 642. The Labute approximate surface area is 122 Å². The fourth-order valence-corrected chi connectivity index (χ4v) is 2.48. The van der Waals surface area contributed by atoms with Gasteiger partial charge < -0.3 is 0 Å². The van der Waals surface area contributed by atoms with E-state index in [-0.39, 0.29) is 33.8 Å². The lowest BCUT2D eigenvalue weighted by molar-refractivity contribution is 0.0507. The van der Waals surface area contributed by atoms with E-state index in [2.05, 4.69) is 0 Å². The standard InChI is InChI=1S/C16H17NO4/c1-8(18)10-6-12-13(7-11(10)9(2)19)15(21)17(14(12)20)16(3,4)5/h6-7H,1-5H3. The molecule has 0 atom stereocenters. The van der Waals surface area contributed by atoms with Crippen LogP contribution in [-0.4, -0.2) is 33.8 Å². The molecular formula is C16H17NO4. The number of hydrogen-bond donors (Lipinski definition) is 0. The second kappa shape index (κ2) is 4.62. The van der Waals surface area contributed by atoms with Gasteiger partial charge in [0.2, 0.25) is 0 Å². The molecule has 0 saturated heterocycles. The van der Waals surface area contributed by atoms with Gasteiger partial charge in [-0.15, -0.1) is 0 Å². The maximum atomic E-state index is 12.4. The van der Waals surface area contributed by atoms with Crippen molar-refractivity contribution in [3.05, 3.63) is 34.4 Å². The fourth-order valence-electron chi connectivity index (χ4n) is 2.48. The Hall–Kier alpha value is -2.30. The summed E-state index contributed by atoms with van der Waals surface area (Å²) in [5, 5.41) is 0. The number of rotatable bonds is 2. The summed E-state index contributed by atoms with van der Waals surface area (Å²) in [6, 6.07) is 2.72. The molecule has 5 heteroatoms. The van der Waals surface area contributed by atoms with Gasteiger partial charge in [-0.1, -0.05) is 0 Å². The number of hydrogen-bond acceptors (Lipinski definition) is 4. The van der Waals surface area contributed by atoms with Crippen LogP contribution in [0.25, 0.3) is 0 Å². The summed E-state index contributed by atoms with van der Waals surface area (Å²) in [6.45, 7) is 7.93. The molecular weight excluding hydrogens is 270 g/mol. The molecule has 0 bridgehead atoms. The maximum absolute atomic E-state index is 12.4. The zero-order chi connectivity index (χ0) is 16.1. The molecule has 2 rings (SSSR count). The predicted molar refractivity (Wildman–Crippen MR) is 76.7 cm³/mol. The molecule has 0 saturated carbocycles. The first-order valence-electron chi connectivity index (χ1n) is 6.64. The minimum atomic E-state index is -0.667. The predicted octanol–water partition coefficient (Wildman–Crippen LogP) is 2.49. The molecule has 0 radical (unpaired) electrons. The lowest BCUT2D eigenvalue weighted by Crippen LogP contribution is -2.45. The highest BCUT2D eigenvalue weighted by molar-refractivity contribution is 6.23. The van der Waals surface area contributed by atoms with Crippen molar-refractivity contribution in [3.63, 3.8) is 0 Å². The first-order valence-corrected chi connectivity index (χ1v) is 6.64. The molecule has 0 aliphatic carbocycles. The molecule has 2 amide bonds. The number of amides is 2. The highest BCUT2D eigenvalue weighted by atomic mass is 16.2. The van der Waals surface area contributed by atoms with Gasteiger partial charge in [-0.2, -0.15) is 0 Å². The van der Waals surface area contributed by atoms with Crippen LogP contribution in [0.3, 0.4) is 0 Å². The molecule has 0 aromatic heterocycles. The molecule has 1 aromatic rings. The van der Waals surface area contributed by atoms with Gasteiger partial charge in [-0.3, -0.25) is 24.1 Å². The van der Waals surface area contributed by atoms with Crippen LogP contribution >= 0.6 is 0 Å². The second-order valence-corrected chi connectivity index (χ2v) is 6.17. The third-order valence-electron chi connectivity index (χ3n) is 3.45. The molecule has 110 valence electrons. The number of nitrogens with zero attached hydrogens (tertiary/aromatic N) is 1. The number of Topliss-reactive ketones (excluding diaryl/α,β-unsaturated/α-hetero) is 2. The molecule has 1 aliphatic heterocycles. The van der Waals surface area contributed by atoms with Crippen molar-refractivity contribution in [1.29, 1.82) is 0 Å². The highest BCUT2D eigenvalue weighted by Gasteiger charge is 2.42. The zero-order valence-electron chi connectivity index (χ0n) is 12.7. The van der Waals surface area contributed by atoms with Gasteiger partial charge in [0.15, 0.2) is 11.6 Å². The summed E-state index contributed by atoms with van der Waals surface area (Å²) < 4.78 is 0. The first kappa shape index (κ1) is 15.1. The van der Waals surface area contributed by atoms with E-state index in [4.69, 9.17) is 0 Å². The van der Waals surface area contributed by atoms with Crippen LogP contribution in [0.15, 0.2) is 12.1 Å². The Morgan fingerprint density at radius 1 is 0.857 bits per heavy atom. The third kappa shape index (κ3) is 2.28. The third-order valence-corrected chi connectivity index (χ3v) is 3.45. The van der Waals surface area contributed by atoms with Gasteiger partial charge in [0, 0.05) is 16.7 Å². The van der Waals surface area contributed by atoms with Crippen molar-refractivity contribution in [2.75, 3.05) is 0 Å². The van der Waals surface area contributed by atoms with Crippen molar-refractivity contribution in [1.82, 2.24) is 4.90 Å². The van der Waals surface area contributed by atoms with Gasteiger partial charge in [0.05, 0.1) is 11.1 Å². The van der Waals surface area contributed by atoms with Crippen molar-refractivity contribution in [3.8, 4) is 0 Å². The molecule has 0 fully saturated rings. The van der Waals surface area contributed by atoms with Gasteiger partial charge in [-0.25, -0.2) is 0 Å². The summed E-state index contributed by atoms with van der Waals surface area (Å²) in [7, 11) is 0. The first-order chi connectivity index (χ1) is 9.55. The van der Waals surface area contributed by atoms with Crippen molar-refractivity contribution in [2.24, 2.45) is 0 Å². The highest BCUT2D eigenvalue weighted by Crippen LogP contribution is 2.31. The minimum absolute atomic E-state index is 0.179. The summed E-state index contributed by atoms with van der Waals surface area (Å²) in [4.78, 5) is 49.3. The van der Waals surface area contributed by atoms with Crippen molar-refractivity contribution in [2.45, 2.75) is 40.2 Å². The van der Waals surface area contributed by atoms with Crippen molar-refractivity contribution < 1.29 is 19.2 Å². The topological polar surface area (TPSA) is 71.5 Å². The lowest BCUT2D eigenvalue weighted by Gasteiger charge is -2.29. The van der Waals surface area contributed by atoms with E-state index in [0.717, 1.165) is 4.90 Å². The molecule has 0 N–H and O–H groups in total. The van der Waals surface area contributed by atoms with Gasteiger partial charge in [0.1, 0.15) is 0 Å². The van der Waals surface area contributed by atoms with E-state index in [1.54, 1.807) is 20.8 Å². The minimum Gasteiger partial charge on any atom is -0.294 e. The van der Waals surface area contributed by atoms with E-state index in [9.17, 15) is 19.2 Å². The lowest BCUT2D eigenvalue weighted by atomic mass is 9.95. The number of ketones is 2. The number of fused-ring (bicyclic) bond motifs is 1. The van der Waals surface area contributed by atoms with E-state index in [1.807, 2.05) is 0 Å². The largest absolute Gasteiger partial charge is 0.294 e. The molecule has 21 heavy (non-hydrogen) atoms. The molecule has 5 nitrogen and oxygen atoms in total. The number of benzene rings is 1. The van der Waals surface area contributed by atoms with E-state index >= 15 is 0 Å². The fraction of sp³-hybridized carbons (Fsp3) is 0.375. The van der Waals surface area contributed by atoms with Crippen LogP contribution < -0.4 is 0 Å². The van der Waals surface area contributed by atoms with Crippen molar-refractivity contribution >= 4 is 23.4 Å². The van der Waals surface area contributed by atoms with Crippen LogP contribution in [0.2, 0.25) is 0 Å². The van der Waals surface area contributed by atoms with Crippen LogP contribution in [0, 0.1) is 0 Å². The number of carbonyl (C=O) groups excluding carboxylic acids is 4. The molecule has 0 spiro atoms. The Morgan fingerprint density at radius 2 is 1.19 bits per heavy atom. The average molecular weight is 287 g/mol. The SMILES string of the molecule is CC(=O)c1cc2c(cc1C(C)=O)C(=O)N(C(C)(C)C)C2=O. The molecule has 1 aliphatic rings. The Morgan fingerprint density at radius 3 is 1.43 bits per heavy atom. The van der Waals surface area contributed by atoms with E-state index < -0.39 is 17.4 Å². The van der Waals surface area contributed by atoms with E-state index in [1.165, 1.54) is 26.0 Å². The summed E-state index contributed by atoms with van der Waals surface area (Å²) in [5.74, 6) is -1.48. The Balaban J connectivity index is 2.72. The molecule has 1 heterocycles. The number of carbonyl (C=O) groups is 4. The Kier molecular flexibility index (Phi) is 3.32. The van der Waals surface area contributed by atoms with Crippen LogP contribution in [-0.2, 0) is 0 Å². The average Bonchev–Trinajstić information content (AvgIpc) is 2.59. The van der Waals surface area contributed by atoms with Crippen LogP contribution in [0.5, 0.6) is 0 Å². The summed E-state index contributed by atoms with van der Waals surface area (Å²) >= 11 is 0. The van der Waals surface area contributed by atoms with Gasteiger partial charge in [-0.05, 0) is 46.8 Å². The van der Waals surface area contributed by atoms with Gasteiger partial charge >= 0.3 is 0 Å². The number of imide groups is 1. The maximum Gasteiger partial charge on any atom is 0.262 e. The van der Waals surface area contributed by atoms with Gasteiger partial charge in [0.25, 0.3) is 11.8 Å². The smallest absolute Gasteiger partial charge is 0.262 e. The summed E-state index contributed by atoms with van der Waals surface area (Å²) in [5.41, 5.74) is 0.0616. The van der Waals surface area contributed by atoms with E-state index in [0.29, 0.717) is 0 Å². The van der Waals surface area contributed by atoms with Crippen LogP contribution in [0.1, 0.15) is 76.1 Å². The zero-order valence-corrected chi connectivity index (χ0v) is 12.7. The second-order valence-electron chi connectivity index (χ2n) is 6.17.